The zero-order chi connectivity index (χ0) is 21.1. The van der Waals surface area contributed by atoms with E-state index in [0.29, 0.717) is 10.8 Å². The number of nitrogens with zero attached hydrogens (tertiary/aromatic N) is 1. The maximum Gasteiger partial charge on any atom is 0.277 e. The van der Waals surface area contributed by atoms with Gasteiger partial charge in [0.05, 0.1) is 11.1 Å². The fraction of sp³-hybridized carbons (Fsp3) is 0.409. The van der Waals surface area contributed by atoms with Crippen molar-refractivity contribution in [3.05, 3.63) is 63.1 Å². The van der Waals surface area contributed by atoms with Crippen LogP contribution in [-0.4, -0.2) is 14.6 Å². The molecule has 0 radical (unpaired) electrons. The van der Waals surface area contributed by atoms with Crippen molar-refractivity contribution < 1.29 is 8.42 Å². The summed E-state index contributed by atoms with van der Waals surface area (Å²) in [5, 5.41) is 4.01. The smallest absolute Gasteiger partial charge is 0.200 e. The van der Waals surface area contributed by atoms with E-state index in [9.17, 15) is 8.42 Å². The highest BCUT2D eigenvalue weighted by Crippen LogP contribution is 2.35. The summed E-state index contributed by atoms with van der Waals surface area (Å²) < 4.78 is 27.3. The molecule has 0 unspecified atom stereocenters. The first-order chi connectivity index (χ1) is 13.0. The van der Waals surface area contributed by atoms with Gasteiger partial charge >= 0.3 is 0 Å². The van der Waals surface area contributed by atoms with Gasteiger partial charge in [0, 0.05) is 4.47 Å². The van der Waals surface area contributed by atoms with E-state index in [0.717, 1.165) is 26.7 Å². The van der Waals surface area contributed by atoms with Crippen molar-refractivity contribution in [2.24, 2.45) is 5.10 Å². The van der Waals surface area contributed by atoms with E-state index in [1.54, 1.807) is 0 Å². The number of hydrazone groups is 1. The van der Waals surface area contributed by atoms with Gasteiger partial charge in [-0.2, -0.15) is 13.5 Å². The van der Waals surface area contributed by atoms with Crippen molar-refractivity contribution in [2.45, 2.75) is 64.2 Å². The minimum atomic E-state index is -3.79. The van der Waals surface area contributed by atoms with Gasteiger partial charge in [-0.25, -0.2) is 4.83 Å². The van der Waals surface area contributed by atoms with Crippen LogP contribution in [0.15, 0.2) is 50.9 Å². The summed E-state index contributed by atoms with van der Waals surface area (Å²) >= 11 is 3.40. The number of hydrogen-bond acceptors (Lipinski definition) is 3. The molecule has 0 spiro atoms. The summed E-state index contributed by atoms with van der Waals surface area (Å²) in [5.41, 5.74) is 3.63. The van der Waals surface area contributed by atoms with E-state index >= 15 is 0 Å². The molecule has 0 fully saturated rings. The van der Waals surface area contributed by atoms with Gasteiger partial charge in [-0.05, 0) is 52.1 Å². The normalized spacial score (nSPS) is 12.5. The maximum atomic E-state index is 13.2. The van der Waals surface area contributed by atoms with Gasteiger partial charge in [0.1, 0.15) is 0 Å². The van der Waals surface area contributed by atoms with Crippen LogP contribution in [0.2, 0.25) is 0 Å². The van der Waals surface area contributed by atoms with E-state index in [-0.39, 0.29) is 11.8 Å². The number of nitrogens with one attached hydrogen (secondary N) is 1. The molecule has 2 aromatic carbocycles. The molecule has 0 atom stereocenters. The highest BCUT2D eigenvalue weighted by molar-refractivity contribution is 9.10. The second-order valence-electron chi connectivity index (χ2n) is 7.90. The van der Waals surface area contributed by atoms with E-state index in [4.69, 9.17) is 0 Å². The predicted octanol–water partition coefficient (Wildman–Crippen LogP) is 6.13. The molecule has 0 saturated carbocycles. The third-order valence-corrected chi connectivity index (χ3v) is 6.43. The maximum absolute atomic E-state index is 13.2. The third kappa shape index (κ3) is 5.45. The molecule has 28 heavy (non-hydrogen) atoms. The first kappa shape index (κ1) is 22.6. The Kier molecular flexibility index (Phi) is 7.46. The summed E-state index contributed by atoms with van der Waals surface area (Å²) in [5.74, 6) is 0.489. The molecule has 1 N–H and O–H groups in total. The van der Waals surface area contributed by atoms with Crippen molar-refractivity contribution in [1.29, 1.82) is 0 Å². The van der Waals surface area contributed by atoms with Crippen LogP contribution < -0.4 is 4.83 Å². The van der Waals surface area contributed by atoms with Crippen LogP contribution in [0.4, 0.5) is 0 Å². The van der Waals surface area contributed by atoms with Crippen molar-refractivity contribution >= 4 is 32.2 Å². The summed E-state index contributed by atoms with van der Waals surface area (Å²) in [6.45, 7) is 12.3. The van der Waals surface area contributed by atoms with Gasteiger partial charge in [0.25, 0.3) is 10.0 Å². The molecular weight excluding hydrogens is 436 g/mol. The lowest BCUT2D eigenvalue weighted by atomic mass is 9.89. The van der Waals surface area contributed by atoms with Gasteiger partial charge < -0.3 is 0 Å². The van der Waals surface area contributed by atoms with E-state index < -0.39 is 10.0 Å². The highest BCUT2D eigenvalue weighted by Gasteiger charge is 2.26. The Hall–Kier alpha value is -1.66. The van der Waals surface area contributed by atoms with Crippen LogP contribution in [-0.2, 0) is 10.0 Å². The summed E-state index contributed by atoms with van der Waals surface area (Å²) in [4.78, 5) is 2.76. The summed E-state index contributed by atoms with van der Waals surface area (Å²) in [6.07, 6.45) is 1.51. The fourth-order valence-corrected chi connectivity index (χ4v) is 4.91. The Labute approximate surface area is 177 Å². The van der Waals surface area contributed by atoms with Crippen LogP contribution in [0.5, 0.6) is 0 Å². The Morgan fingerprint density at radius 3 is 1.96 bits per heavy atom. The third-order valence-electron chi connectivity index (χ3n) is 4.58. The molecule has 0 bridgehead atoms. The van der Waals surface area contributed by atoms with Gasteiger partial charge in [-0.15, -0.1) is 0 Å². The van der Waals surface area contributed by atoms with Crippen molar-refractivity contribution in [2.75, 3.05) is 0 Å². The monoisotopic (exact) mass is 464 g/mol. The van der Waals surface area contributed by atoms with Crippen LogP contribution >= 0.6 is 15.9 Å². The Morgan fingerprint density at radius 2 is 1.50 bits per heavy atom. The SMILES string of the molecule is CC(C)c1cc(C(C)C)c(S(=O)(=O)N/N=C/c2cccc(Br)c2)c(C(C)C)c1. The van der Waals surface area contributed by atoms with E-state index in [2.05, 4.69) is 39.7 Å². The molecule has 0 aliphatic heterocycles. The van der Waals surface area contributed by atoms with Gasteiger partial charge in [-0.3, -0.25) is 0 Å². The molecule has 0 amide bonds. The average Bonchev–Trinajstić information content (AvgIpc) is 2.60. The van der Waals surface area contributed by atoms with Crippen molar-refractivity contribution in [3.8, 4) is 0 Å². The minimum Gasteiger partial charge on any atom is -0.200 e. The quantitative estimate of drug-likeness (QED) is 0.395. The molecule has 2 rings (SSSR count). The number of benzene rings is 2. The molecular formula is C22H29BrN2O2S. The van der Waals surface area contributed by atoms with Gasteiger partial charge in [0.15, 0.2) is 0 Å². The summed E-state index contributed by atoms with van der Waals surface area (Å²) in [6, 6.07) is 11.6. The number of rotatable bonds is 7. The van der Waals surface area contributed by atoms with Gasteiger partial charge in [-0.1, -0.05) is 81.7 Å². The molecule has 4 nitrogen and oxygen atoms in total. The lowest BCUT2D eigenvalue weighted by Crippen LogP contribution is -2.23. The lowest BCUT2D eigenvalue weighted by molar-refractivity contribution is 0.579. The van der Waals surface area contributed by atoms with Crippen molar-refractivity contribution in [3.63, 3.8) is 0 Å². The highest BCUT2D eigenvalue weighted by atomic mass is 79.9. The van der Waals surface area contributed by atoms with Crippen LogP contribution in [0.25, 0.3) is 0 Å². The first-order valence-corrected chi connectivity index (χ1v) is 11.8. The standard InChI is InChI=1S/C22H29BrN2O2S/c1-14(2)18-11-20(15(3)4)22(21(12-18)16(5)6)28(26,27)25-24-13-17-8-7-9-19(23)10-17/h7-16,25H,1-6H3/b24-13+. The zero-order valence-electron chi connectivity index (χ0n) is 17.3. The predicted molar refractivity (Wildman–Crippen MR) is 121 cm³/mol. The molecule has 0 heterocycles. The average molecular weight is 465 g/mol. The summed E-state index contributed by atoms with van der Waals surface area (Å²) in [7, 11) is -3.79. The molecule has 2 aromatic rings. The zero-order valence-corrected chi connectivity index (χ0v) is 19.7. The number of sulfonamides is 1. The second-order valence-corrected chi connectivity index (χ2v) is 10.4. The topological polar surface area (TPSA) is 58.5 Å². The van der Waals surface area contributed by atoms with E-state index in [1.165, 1.54) is 6.21 Å². The molecule has 152 valence electrons. The van der Waals surface area contributed by atoms with E-state index in [1.807, 2.05) is 64.1 Å². The largest absolute Gasteiger partial charge is 0.277 e. The lowest BCUT2D eigenvalue weighted by Gasteiger charge is -2.22. The van der Waals surface area contributed by atoms with Crippen LogP contribution in [0.3, 0.4) is 0 Å². The fourth-order valence-electron chi connectivity index (χ4n) is 3.00. The van der Waals surface area contributed by atoms with Crippen LogP contribution in [0, 0.1) is 0 Å². The molecule has 0 saturated heterocycles. The van der Waals surface area contributed by atoms with Crippen LogP contribution in [0.1, 0.15) is 81.5 Å². The Morgan fingerprint density at radius 1 is 0.929 bits per heavy atom. The van der Waals surface area contributed by atoms with Gasteiger partial charge in [0.2, 0.25) is 0 Å². The second kappa shape index (κ2) is 9.23. The molecule has 6 heteroatoms. The molecule has 0 aliphatic carbocycles. The number of halogens is 1. The molecule has 0 aromatic heterocycles. The molecule has 0 aliphatic rings. The first-order valence-electron chi connectivity index (χ1n) is 9.51. The number of hydrogen-bond donors (Lipinski definition) is 1. The minimum absolute atomic E-state index is 0.0804. The Bertz CT molecular complexity index is 935. The van der Waals surface area contributed by atoms with Crippen molar-refractivity contribution in [1.82, 2.24) is 4.83 Å². The Balaban J connectivity index is 2.51.